The summed E-state index contributed by atoms with van der Waals surface area (Å²) in [6.07, 6.45) is 1.86. The van der Waals surface area contributed by atoms with E-state index in [9.17, 15) is 0 Å². The molecule has 0 saturated carbocycles. The Hall–Kier alpha value is -1.60. The van der Waals surface area contributed by atoms with Crippen molar-refractivity contribution in [2.75, 3.05) is 13.3 Å². The second-order valence-corrected chi connectivity index (χ2v) is 4.70. The molecule has 7 heteroatoms. The van der Waals surface area contributed by atoms with Crippen molar-refractivity contribution in [3.8, 4) is 22.8 Å². The van der Waals surface area contributed by atoms with Gasteiger partial charge in [-0.1, -0.05) is 5.21 Å². The Bertz CT molecular complexity index is 584. The van der Waals surface area contributed by atoms with Crippen molar-refractivity contribution in [3.05, 3.63) is 22.8 Å². The second-order valence-electron chi connectivity index (χ2n) is 3.85. The van der Waals surface area contributed by atoms with Gasteiger partial charge in [0.15, 0.2) is 11.5 Å². The van der Waals surface area contributed by atoms with E-state index < -0.39 is 0 Å². The third-order valence-electron chi connectivity index (χ3n) is 2.62. The number of fused-ring (bicyclic) bond motifs is 1. The largest absolute Gasteiger partial charge is 0.454 e. The number of benzene rings is 1. The lowest BCUT2D eigenvalue weighted by atomic mass is 10.1. The van der Waals surface area contributed by atoms with Crippen LogP contribution in [0.4, 0.5) is 0 Å². The minimum Gasteiger partial charge on any atom is -0.454 e. The van der Waals surface area contributed by atoms with Gasteiger partial charge in [-0.05, 0) is 28.1 Å². The predicted molar refractivity (Wildman–Crippen MR) is 68.3 cm³/mol. The zero-order chi connectivity index (χ0) is 12.5. The molecule has 0 aliphatic carbocycles. The molecule has 0 unspecified atom stereocenters. The summed E-state index contributed by atoms with van der Waals surface area (Å²) in [6.45, 7) is 1.43. The topological polar surface area (TPSA) is 75.2 Å². The van der Waals surface area contributed by atoms with Crippen LogP contribution in [-0.4, -0.2) is 28.3 Å². The standard InChI is InChI=1S/C11H11BrN4O2/c12-8-3-7(4-10-11(8)18-6-17-10)9-5-16(2-1-13)15-14-9/h3-5H,1-2,6,13H2. The lowest BCUT2D eigenvalue weighted by molar-refractivity contribution is 0.173. The van der Waals surface area contributed by atoms with E-state index in [1.807, 2.05) is 18.3 Å². The average Bonchev–Trinajstić information content (AvgIpc) is 2.97. The second kappa shape index (κ2) is 4.58. The number of nitrogens with zero attached hydrogens (tertiary/aromatic N) is 3. The smallest absolute Gasteiger partial charge is 0.231 e. The normalized spacial score (nSPS) is 13.0. The van der Waals surface area contributed by atoms with Crippen LogP contribution in [0.1, 0.15) is 0 Å². The molecule has 1 aliphatic rings. The van der Waals surface area contributed by atoms with Crippen molar-refractivity contribution >= 4 is 15.9 Å². The SMILES string of the molecule is NCCn1cc(-c2cc(Br)c3c(c2)OCO3)nn1. The van der Waals surface area contributed by atoms with Gasteiger partial charge in [0.1, 0.15) is 5.69 Å². The van der Waals surface area contributed by atoms with Gasteiger partial charge in [-0.15, -0.1) is 5.10 Å². The maximum Gasteiger partial charge on any atom is 0.231 e. The Morgan fingerprint density at radius 2 is 2.28 bits per heavy atom. The first-order valence-corrected chi connectivity index (χ1v) is 6.27. The molecule has 0 radical (unpaired) electrons. The van der Waals surface area contributed by atoms with Gasteiger partial charge in [0.05, 0.1) is 17.2 Å². The molecule has 1 aromatic heterocycles. The quantitative estimate of drug-likeness (QED) is 0.927. The summed E-state index contributed by atoms with van der Waals surface area (Å²) in [7, 11) is 0. The maximum atomic E-state index is 5.47. The lowest BCUT2D eigenvalue weighted by Crippen LogP contribution is -2.10. The van der Waals surface area contributed by atoms with Gasteiger partial charge in [-0.2, -0.15) is 0 Å². The summed E-state index contributed by atoms with van der Waals surface area (Å²) in [5.74, 6) is 1.45. The molecule has 2 aromatic rings. The average molecular weight is 311 g/mol. The van der Waals surface area contributed by atoms with Crippen LogP contribution in [0, 0.1) is 0 Å². The Balaban J connectivity index is 1.98. The molecular formula is C11H11BrN4O2. The van der Waals surface area contributed by atoms with Crippen molar-refractivity contribution in [2.24, 2.45) is 5.73 Å². The monoisotopic (exact) mass is 310 g/mol. The van der Waals surface area contributed by atoms with Gasteiger partial charge in [0, 0.05) is 12.1 Å². The van der Waals surface area contributed by atoms with Gasteiger partial charge in [-0.25, -0.2) is 0 Å². The first kappa shape index (κ1) is 11.5. The van der Waals surface area contributed by atoms with Crippen LogP contribution in [0.25, 0.3) is 11.3 Å². The van der Waals surface area contributed by atoms with Gasteiger partial charge in [0.25, 0.3) is 0 Å². The van der Waals surface area contributed by atoms with Gasteiger partial charge in [-0.3, -0.25) is 4.68 Å². The molecule has 0 amide bonds. The fraction of sp³-hybridized carbons (Fsp3) is 0.273. The third-order valence-corrected chi connectivity index (χ3v) is 3.21. The summed E-state index contributed by atoms with van der Waals surface area (Å²) in [4.78, 5) is 0. The lowest BCUT2D eigenvalue weighted by Gasteiger charge is -2.02. The van der Waals surface area contributed by atoms with Crippen molar-refractivity contribution in [1.82, 2.24) is 15.0 Å². The number of rotatable bonds is 3. The Labute approximate surface area is 112 Å². The molecule has 0 fully saturated rings. The molecule has 6 nitrogen and oxygen atoms in total. The van der Waals surface area contributed by atoms with Crippen LogP contribution in [0.5, 0.6) is 11.5 Å². The van der Waals surface area contributed by atoms with Crippen LogP contribution in [0.15, 0.2) is 22.8 Å². The highest BCUT2D eigenvalue weighted by atomic mass is 79.9. The zero-order valence-electron chi connectivity index (χ0n) is 9.47. The third kappa shape index (κ3) is 1.95. The van der Waals surface area contributed by atoms with E-state index in [1.54, 1.807) is 4.68 Å². The molecule has 94 valence electrons. The molecule has 2 heterocycles. The highest BCUT2D eigenvalue weighted by Crippen LogP contribution is 2.42. The minimum atomic E-state index is 0.247. The predicted octanol–water partition coefficient (Wildman–Crippen LogP) is 1.39. The number of halogens is 1. The Morgan fingerprint density at radius 3 is 3.11 bits per heavy atom. The number of hydrogen-bond acceptors (Lipinski definition) is 5. The van der Waals surface area contributed by atoms with Gasteiger partial charge < -0.3 is 15.2 Å². The van der Waals surface area contributed by atoms with E-state index in [2.05, 4.69) is 26.2 Å². The van der Waals surface area contributed by atoms with Crippen molar-refractivity contribution in [3.63, 3.8) is 0 Å². The van der Waals surface area contributed by atoms with Crippen molar-refractivity contribution in [1.29, 1.82) is 0 Å². The Morgan fingerprint density at radius 1 is 1.39 bits per heavy atom. The van der Waals surface area contributed by atoms with E-state index >= 15 is 0 Å². The molecule has 1 aliphatic heterocycles. The summed E-state index contributed by atoms with van der Waals surface area (Å²) < 4.78 is 13.3. The van der Waals surface area contributed by atoms with Crippen LogP contribution in [0.3, 0.4) is 0 Å². The fourth-order valence-electron chi connectivity index (χ4n) is 1.79. The molecule has 0 saturated heterocycles. The van der Waals surface area contributed by atoms with Crippen LogP contribution in [0.2, 0.25) is 0 Å². The maximum absolute atomic E-state index is 5.47. The van der Waals surface area contributed by atoms with E-state index in [0.29, 0.717) is 18.8 Å². The number of ether oxygens (including phenoxy) is 2. The zero-order valence-corrected chi connectivity index (χ0v) is 11.1. The molecule has 1 aromatic carbocycles. The van der Waals surface area contributed by atoms with E-state index in [1.165, 1.54) is 0 Å². The van der Waals surface area contributed by atoms with Crippen LogP contribution in [-0.2, 0) is 6.54 Å². The van der Waals surface area contributed by atoms with Gasteiger partial charge in [0.2, 0.25) is 6.79 Å². The fourth-order valence-corrected chi connectivity index (χ4v) is 2.34. The summed E-state index contributed by atoms with van der Waals surface area (Å²) >= 11 is 3.45. The molecule has 18 heavy (non-hydrogen) atoms. The number of nitrogens with two attached hydrogens (primary N) is 1. The molecule has 0 bridgehead atoms. The van der Waals surface area contributed by atoms with E-state index in [4.69, 9.17) is 15.2 Å². The summed E-state index contributed by atoms with van der Waals surface area (Å²) in [5, 5.41) is 8.12. The summed E-state index contributed by atoms with van der Waals surface area (Å²) in [6, 6.07) is 3.83. The van der Waals surface area contributed by atoms with E-state index in [-0.39, 0.29) is 6.79 Å². The molecule has 0 atom stereocenters. The van der Waals surface area contributed by atoms with Crippen molar-refractivity contribution < 1.29 is 9.47 Å². The first-order valence-electron chi connectivity index (χ1n) is 5.47. The minimum absolute atomic E-state index is 0.247. The Kier molecular flexibility index (Phi) is 2.92. The van der Waals surface area contributed by atoms with Crippen LogP contribution < -0.4 is 15.2 Å². The molecule has 3 rings (SSSR count). The highest BCUT2D eigenvalue weighted by Gasteiger charge is 2.19. The molecule has 0 spiro atoms. The first-order chi connectivity index (χ1) is 8.78. The van der Waals surface area contributed by atoms with Crippen molar-refractivity contribution in [2.45, 2.75) is 6.54 Å². The number of aromatic nitrogens is 3. The number of hydrogen-bond donors (Lipinski definition) is 1. The molecular weight excluding hydrogens is 300 g/mol. The van der Waals surface area contributed by atoms with Crippen LogP contribution >= 0.6 is 15.9 Å². The molecule has 2 N–H and O–H groups in total. The van der Waals surface area contributed by atoms with E-state index in [0.717, 1.165) is 21.5 Å². The highest BCUT2D eigenvalue weighted by molar-refractivity contribution is 9.10. The van der Waals surface area contributed by atoms with Gasteiger partial charge >= 0.3 is 0 Å². The summed E-state index contributed by atoms with van der Waals surface area (Å²) in [5.41, 5.74) is 7.18.